The van der Waals surface area contributed by atoms with E-state index in [2.05, 4.69) is 10.6 Å². The molecule has 21 heavy (non-hydrogen) atoms. The van der Waals surface area contributed by atoms with E-state index in [9.17, 15) is 9.18 Å². The van der Waals surface area contributed by atoms with E-state index in [1.54, 1.807) is 6.07 Å². The Bertz CT molecular complexity index is 505. The lowest BCUT2D eigenvalue weighted by molar-refractivity contribution is -0.128. The maximum absolute atomic E-state index is 13.6. The van der Waals surface area contributed by atoms with Gasteiger partial charge in [-0.1, -0.05) is 31.4 Å². The molecule has 1 aliphatic heterocycles. The molecule has 1 amide bonds. The molecule has 0 aromatic heterocycles. The summed E-state index contributed by atoms with van der Waals surface area (Å²) >= 11 is 0. The molecule has 1 heterocycles. The minimum absolute atomic E-state index is 0.0847. The number of hydrogen-bond acceptors (Lipinski definition) is 2. The number of carbonyl (C=O) groups is 1. The second-order valence-corrected chi connectivity index (χ2v) is 6.32. The van der Waals surface area contributed by atoms with E-state index >= 15 is 0 Å². The summed E-state index contributed by atoms with van der Waals surface area (Å²) < 4.78 is 13.6. The Balaban J connectivity index is 1.86. The van der Waals surface area contributed by atoms with Gasteiger partial charge in [-0.15, -0.1) is 0 Å². The zero-order valence-corrected chi connectivity index (χ0v) is 12.3. The maximum atomic E-state index is 13.6. The molecule has 114 valence electrons. The Hall–Kier alpha value is -1.42. The van der Waals surface area contributed by atoms with Gasteiger partial charge >= 0.3 is 0 Å². The molecule has 1 aromatic rings. The first-order valence-electron chi connectivity index (χ1n) is 7.98. The van der Waals surface area contributed by atoms with Crippen LogP contribution in [-0.2, 0) is 10.2 Å². The zero-order chi connectivity index (χ0) is 14.7. The van der Waals surface area contributed by atoms with Gasteiger partial charge in [0.05, 0.1) is 5.41 Å². The number of benzene rings is 1. The van der Waals surface area contributed by atoms with Crippen LogP contribution in [0, 0.1) is 5.82 Å². The minimum Gasteiger partial charge on any atom is -0.351 e. The average molecular weight is 290 g/mol. The highest BCUT2D eigenvalue weighted by Crippen LogP contribution is 2.40. The van der Waals surface area contributed by atoms with Crippen LogP contribution in [0.4, 0.5) is 4.39 Å². The van der Waals surface area contributed by atoms with Gasteiger partial charge in [-0.05, 0) is 43.5 Å². The van der Waals surface area contributed by atoms with E-state index in [1.807, 2.05) is 6.07 Å². The highest BCUT2D eigenvalue weighted by Gasteiger charge is 2.42. The van der Waals surface area contributed by atoms with Gasteiger partial charge in [0, 0.05) is 12.6 Å². The standard InChI is InChI=1S/C17H23FN2O/c18-14-6-4-5-13(11-14)17(8-2-1-3-9-17)16(21)20-15-7-10-19-12-15/h4-6,11,15,19H,1-3,7-10,12H2,(H,20,21). The summed E-state index contributed by atoms with van der Waals surface area (Å²) in [7, 11) is 0. The SMILES string of the molecule is O=C(NC1CCNC1)C1(c2cccc(F)c2)CCCCC1. The van der Waals surface area contributed by atoms with Crippen LogP contribution in [0.15, 0.2) is 24.3 Å². The Morgan fingerprint density at radius 2 is 2.10 bits per heavy atom. The van der Waals surface area contributed by atoms with Crippen LogP contribution in [-0.4, -0.2) is 25.0 Å². The monoisotopic (exact) mass is 290 g/mol. The van der Waals surface area contributed by atoms with Crippen LogP contribution in [0.3, 0.4) is 0 Å². The molecule has 0 spiro atoms. The second-order valence-electron chi connectivity index (χ2n) is 6.32. The van der Waals surface area contributed by atoms with Gasteiger partial charge < -0.3 is 10.6 Å². The van der Waals surface area contributed by atoms with Crippen molar-refractivity contribution in [2.75, 3.05) is 13.1 Å². The normalized spacial score (nSPS) is 24.7. The summed E-state index contributed by atoms with van der Waals surface area (Å²) in [4.78, 5) is 12.9. The highest BCUT2D eigenvalue weighted by atomic mass is 19.1. The molecule has 0 bridgehead atoms. The average Bonchev–Trinajstić information content (AvgIpc) is 3.01. The van der Waals surface area contributed by atoms with Crippen molar-refractivity contribution in [3.05, 3.63) is 35.6 Å². The Morgan fingerprint density at radius 3 is 2.76 bits per heavy atom. The summed E-state index contributed by atoms with van der Waals surface area (Å²) in [6.07, 6.45) is 5.85. The van der Waals surface area contributed by atoms with Crippen LogP contribution < -0.4 is 10.6 Å². The van der Waals surface area contributed by atoms with Crippen molar-refractivity contribution in [1.82, 2.24) is 10.6 Å². The number of hydrogen-bond donors (Lipinski definition) is 2. The number of amides is 1. The molecule has 2 fully saturated rings. The lowest BCUT2D eigenvalue weighted by Gasteiger charge is -2.37. The lowest BCUT2D eigenvalue weighted by atomic mass is 9.68. The van der Waals surface area contributed by atoms with Crippen LogP contribution in [0.2, 0.25) is 0 Å². The van der Waals surface area contributed by atoms with Crippen molar-refractivity contribution in [2.45, 2.75) is 50.0 Å². The number of halogens is 1. The van der Waals surface area contributed by atoms with Crippen molar-refractivity contribution < 1.29 is 9.18 Å². The predicted octanol–water partition coefficient (Wildman–Crippen LogP) is 2.51. The summed E-state index contributed by atoms with van der Waals surface area (Å²) in [6.45, 7) is 1.79. The molecule has 2 N–H and O–H groups in total. The molecule has 3 nitrogen and oxygen atoms in total. The van der Waals surface area contributed by atoms with E-state index in [4.69, 9.17) is 0 Å². The third-order valence-electron chi connectivity index (χ3n) is 4.91. The first-order chi connectivity index (χ1) is 10.2. The summed E-state index contributed by atoms with van der Waals surface area (Å²) in [5.74, 6) is -0.172. The molecule has 1 saturated heterocycles. The number of rotatable bonds is 3. The van der Waals surface area contributed by atoms with Gasteiger partial charge in [-0.2, -0.15) is 0 Å². The maximum Gasteiger partial charge on any atom is 0.230 e. The number of carbonyl (C=O) groups excluding carboxylic acids is 1. The molecule has 0 radical (unpaired) electrons. The fourth-order valence-electron chi connectivity index (χ4n) is 3.69. The molecule has 1 aromatic carbocycles. The fraction of sp³-hybridized carbons (Fsp3) is 0.588. The van der Waals surface area contributed by atoms with Gasteiger partial charge in [-0.3, -0.25) is 4.79 Å². The Morgan fingerprint density at radius 1 is 1.29 bits per heavy atom. The summed E-state index contributed by atoms with van der Waals surface area (Å²) in [5.41, 5.74) is 0.300. The molecule has 4 heteroatoms. The van der Waals surface area contributed by atoms with E-state index in [1.165, 1.54) is 12.1 Å². The fourth-order valence-corrected chi connectivity index (χ4v) is 3.69. The van der Waals surface area contributed by atoms with E-state index in [-0.39, 0.29) is 17.8 Å². The third kappa shape index (κ3) is 2.95. The van der Waals surface area contributed by atoms with Gasteiger partial charge in [0.1, 0.15) is 5.82 Å². The molecular weight excluding hydrogens is 267 g/mol. The lowest BCUT2D eigenvalue weighted by Crippen LogP contribution is -2.49. The van der Waals surface area contributed by atoms with Gasteiger partial charge in [-0.25, -0.2) is 4.39 Å². The second kappa shape index (κ2) is 6.14. The zero-order valence-electron chi connectivity index (χ0n) is 12.3. The molecule has 2 aliphatic rings. The minimum atomic E-state index is -0.539. The molecule has 1 unspecified atom stereocenters. The van der Waals surface area contributed by atoms with Crippen molar-refractivity contribution in [3.8, 4) is 0 Å². The first kappa shape index (κ1) is 14.5. The van der Waals surface area contributed by atoms with Gasteiger partial charge in [0.25, 0.3) is 0 Å². The van der Waals surface area contributed by atoms with Crippen LogP contribution in [0.1, 0.15) is 44.1 Å². The third-order valence-corrected chi connectivity index (χ3v) is 4.91. The van der Waals surface area contributed by atoms with E-state index < -0.39 is 5.41 Å². The van der Waals surface area contributed by atoms with E-state index in [0.29, 0.717) is 0 Å². The summed E-state index contributed by atoms with van der Waals surface area (Å²) in [6, 6.07) is 6.81. The topological polar surface area (TPSA) is 41.1 Å². The van der Waals surface area contributed by atoms with E-state index in [0.717, 1.165) is 57.2 Å². The van der Waals surface area contributed by atoms with Gasteiger partial charge in [0.2, 0.25) is 5.91 Å². The van der Waals surface area contributed by atoms with Crippen LogP contribution >= 0.6 is 0 Å². The van der Waals surface area contributed by atoms with Crippen molar-refractivity contribution in [2.24, 2.45) is 0 Å². The quantitative estimate of drug-likeness (QED) is 0.898. The molecular formula is C17H23FN2O. The van der Waals surface area contributed by atoms with Crippen molar-refractivity contribution in [3.63, 3.8) is 0 Å². The predicted molar refractivity (Wildman–Crippen MR) is 80.6 cm³/mol. The smallest absolute Gasteiger partial charge is 0.230 e. The van der Waals surface area contributed by atoms with Gasteiger partial charge in [0.15, 0.2) is 0 Å². The van der Waals surface area contributed by atoms with Crippen molar-refractivity contribution >= 4 is 5.91 Å². The number of nitrogens with one attached hydrogen (secondary N) is 2. The van der Waals surface area contributed by atoms with Crippen molar-refractivity contribution in [1.29, 1.82) is 0 Å². The largest absolute Gasteiger partial charge is 0.351 e. The van der Waals surface area contributed by atoms with Crippen LogP contribution in [0.5, 0.6) is 0 Å². The summed E-state index contributed by atoms with van der Waals surface area (Å²) in [5, 5.41) is 6.45. The Kier molecular flexibility index (Phi) is 4.24. The molecule has 3 rings (SSSR count). The first-order valence-corrected chi connectivity index (χ1v) is 7.98. The Labute approximate surface area is 125 Å². The molecule has 1 aliphatic carbocycles. The highest BCUT2D eigenvalue weighted by molar-refractivity contribution is 5.88. The van der Waals surface area contributed by atoms with Crippen LogP contribution in [0.25, 0.3) is 0 Å². The molecule has 1 saturated carbocycles. The molecule has 1 atom stereocenters.